The number of benzene rings is 1. The molecule has 2 heterocycles. The van der Waals surface area contributed by atoms with Crippen LogP contribution in [0.25, 0.3) is 10.9 Å². The van der Waals surface area contributed by atoms with Crippen LogP contribution in [0.5, 0.6) is 0 Å². The van der Waals surface area contributed by atoms with Crippen LogP contribution in [-0.2, 0) is 0 Å². The maximum absolute atomic E-state index is 4.91. The molecule has 0 spiro atoms. The van der Waals surface area contributed by atoms with E-state index in [2.05, 4.69) is 53.5 Å². The van der Waals surface area contributed by atoms with Gasteiger partial charge in [-0.25, -0.2) is 0 Å². The molecular weight excluding hydrogens is 246 g/mol. The van der Waals surface area contributed by atoms with Crippen molar-refractivity contribution in [2.75, 3.05) is 26.2 Å². The largest absolute Gasteiger partial charge is 0.314 e. The lowest BCUT2D eigenvalue weighted by atomic mass is 10.0. The third-order valence-electron chi connectivity index (χ3n) is 4.12. The summed E-state index contributed by atoms with van der Waals surface area (Å²) in [4.78, 5) is 7.49. The van der Waals surface area contributed by atoms with Gasteiger partial charge in [0, 0.05) is 31.6 Å². The number of para-hydroxylation sites is 1. The van der Waals surface area contributed by atoms with Crippen molar-refractivity contribution < 1.29 is 0 Å². The zero-order valence-corrected chi connectivity index (χ0v) is 12.2. The van der Waals surface area contributed by atoms with Gasteiger partial charge in [0.2, 0.25) is 0 Å². The summed E-state index contributed by atoms with van der Waals surface area (Å²) < 4.78 is 0. The van der Waals surface area contributed by atoms with E-state index in [9.17, 15) is 0 Å². The van der Waals surface area contributed by atoms with Crippen LogP contribution >= 0.6 is 0 Å². The van der Waals surface area contributed by atoms with Crippen molar-refractivity contribution in [3.05, 3.63) is 42.1 Å². The molecule has 1 atom stereocenters. The molecule has 1 N–H and O–H groups in total. The molecule has 2 aromatic rings. The number of hydrogen-bond donors (Lipinski definition) is 1. The molecule has 0 amide bonds. The molecule has 1 fully saturated rings. The smallest absolute Gasteiger partial charge is 0.0706 e. The van der Waals surface area contributed by atoms with Crippen molar-refractivity contribution >= 4 is 10.9 Å². The lowest BCUT2D eigenvalue weighted by molar-refractivity contribution is 0.162. The van der Waals surface area contributed by atoms with Crippen molar-refractivity contribution in [3.63, 3.8) is 0 Å². The van der Waals surface area contributed by atoms with Crippen LogP contribution in [0.2, 0.25) is 0 Å². The molecule has 0 bridgehead atoms. The average Bonchev–Trinajstić information content (AvgIpc) is 2.53. The molecule has 1 aromatic heterocycles. The zero-order valence-electron chi connectivity index (χ0n) is 12.2. The highest BCUT2D eigenvalue weighted by Crippen LogP contribution is 2.26. The van der Waals surface area contributed by atoms with Gasteiger partial charge in [0.25, 0.3) is 0 Å². The highest BCUT2D eigenvalue weighted by molar-refractivity contribution is 5.78. The number of fused-ring (bicyclic) bond motifs is 1. The fourth-order valence-corrected chi connectivity index (χ4v) is 3.05. The van der Waals surface area contributed by atoms with E-state index in [1.54, 1.807) is 0 Å². The number of rotatable bonds is 4. The minimum Gasteiger partial charge on any atom is -0.314 e. The van der Waals surface area contributed by atoms with Gasteiger partial charge in [0.15, 0.2) is 0 Å². The first kappa shape index (κ1) is 13.5. The van der Waals surface area contributed by atoms with Crippen LogP contribution in [0, 0.1) is 0 Å². The first-order chi connectivity index (χ1) is 9.88. The summed E-state index contributed by atoms with van der Waals surface area (Å²) >= 11 is 0. The monoisotopic (exact) mass is 269 g/mol. The average molecular weight is 269 g/mol. The third-order valence-corrected chi connectivity index (χ3v) is 4.12. The Hall–Kier alpha value is -1.45. The highest BCUT2D eigenvalue weighted by Gasteiger charge is 2.22. The summed E-state index contributed by atoms with van der Waals surface area (Å²) in [5.41, 5.74) is 2.34. The van der Waals surface area contributed by atoms with Gasteiger partial charge in [-0.1, -0.05) is 37.6 Å². The van der Waals surface area contributed by atoms with E-state index >= 15 is 0 Å². The summed E-state index contributed by atoms with van der Waals surface area (Å²) in [6.07, 6.45) is 2.38. The molecule has 0 radical (unpaired) electrons. The van der Waals surface area contributed by atoms with Crippen molar-refractivity contribution in [2.24, 2.45) is 0 Å². The lowest BCUT2D eigenvalue weighted by Gasteiger charge is -2.34. The quantitative estimate of drug-likeness (QED) is 0.925. The van der Waals surface area contributed by atoms with E-state index in [1.165, 1.54) is 23.9 Å². The Bertz CT molecular complexity index is 561. The highest BCUT2D eigenvalue weighted by atomic mass is 15.2. The molecule has 1 aliphatic rings. The van der Waals surface area contributed by atoms with Crippen molar-refractivity contribution in [3.8, 4) is 0 Å². The molecule has 0 saturated carbocycles. The van der Waals surface area contributed by atoms with E-state index < -0.39 is 0 Å². The Labute approximate surface area is 121 Å². The molecule has 3 heteroatoms. The Morgan fingerprint density at radius 2 is 1.95 bits per heavy atom. The van der Waals surface area contributed by atoms with Crippen LogP contribution in [0.3, 0.4) is 0 Å². The van der Waals surface area contributed by atoms with Crippen LogP contribution in [0.1, 0.15) is 31.5 Å². The normalized spacial score (nSPS) is 18.2. The Balaban J connectivity index is 1.91. The summed E-state index contributed by atoms with van der Waals surface area (Å²) in [6.45, 7) is 6.69. The van der Waals surface area contributed by atoms with Gasteiger partial charge >= 0.3 is 0 Å². The Morgan fingerprint density at radius 3 is 2.75 bits per heavy atom. The van der Waals surface area contributed by atoms with E-state index in [0.29, 0.717) is 6.04 Å². The molecular formula is C17H23N3. The van der Waals surface area contributed by atoms with Gasteiger partial charge in [-0.2, -0.15) is 0 Å². The van der Waals surface area contributed by atoms with E-state index in [-0.39, 0.29) is 0 Å². The lowest BCUT2D eigenvalue weighted by Crippen LogP contribution is -2.45. The third kappa shape index (κ3) is 2.84. The second-order valence-electron chi connectivity index (χ2n) is 5.52. The van der Waals surface area contributed by atoms with Gasteiger partial charge in [0.1, 0.15) is 0 Å². The number of piperazine rings is 1. The number of nitrogens with zero attached hydrogens (tertiary/aromatic N) is 2. The van der Waals surface area contributed by atoms with Crippen LogP contribution in [-0.4, -0.2) is 36.1 Å². The molecule has 0 unspecified atom stereocenters. The van der Waals surface area contributed by atoms with Crippen molar-refractivity contribution in [1.82, 2.24) is 15.2 Å². The molecule has 106 valence electrons. The fourth-order valence-electron chi connectivity index (χ4n) is 3.05. The van der Waals surface area contributed by atoms with Crippen molar-refractivity contribution in [1.29, 1.82) is 0 Å². The van der Waals surface area contributed by atoms with Crippen molar-refractivity contribution in [2.45, 2.75) is 25.8 Å². The summed E-state index contributed by atoms with van der Waals surface area (Å²) in [7, 11) is 0. The van der Waals surface area contributed by atoms with Crippen LogP contribution in [0.15, 0.2) is 36.4 Å². The summed E-state index contributed by atoms with van der Waals surface area (Å²) in [5, 5.41) is 4.66. The first-order valence-electron chi connectivity index (χ1n) is 7.69. The number of pyridine rings is 1. The first-order valence-corrected chi connectivity index (χ1v) is 7.69. The Morgan fingerprint density at radius 1 is 1.15 bits per heavy atom. The van der Waals surface area contributed by atoms with Gasteiger partial charge in [-0.05, 0) is 18.6 Å². The summed E-state index contributed by atoms with van der Waals surface area (Å²) in [6, 6.07) is 13.3. The maximum atomic E-state index is 4.91. The predicted molar refractivity (Wildman–Crippen MR) is 83.8 cm³/mol. The van der Waals surface area contributed by atoms with Gasteiger partial charge in [-0.3, -0.25) is 9.88 Å². The summed E-state index contributed by atoms with van der Waals surface area (Å²) in [5.74, 6) is 0. The topological polar surface area (TPSA) is 28.2 Å². The molecule has 1 saturated heterocycles. The van der Waals surface area contributed by atoms with E-state index in [0.717, 1.165) is 31.7 Å². The predicted octanol–water partition coefficient (Wildman–Crippen LogP) is 2.98. The number of hydrogen-bond acceptors (Lipinski definition) is 3. The number of aromatic nitrogens is 1. The van der Waals surface area contributed by atoms with Gasteiger partial charge in [0.05, 0.1) is 17.3 Å². The molecule has 1 aromatic carbocycles. The fraction of sp³-hybridized carbons (Fsp3) is 0.471. The second-order valence-corrected chi connectivity index (χ2v) is 5.52. The van der Waals surface area contributed by atoms with E-state index in [4.69, 9.17) is 4.98 Å². The molecule has 20 heavy (non-hydrogen) atoms. The molecule has 0 aliphatic carbocycles. The Kier molecular flexibility index (Phi) is 4.28. The molecule has 3 nitrogen and oxygen atoms in total. The minimum atomic E-state index is 0.465. The number of nitrogens with one attached hydrogen (secondary N) is 1. The maximum Gasteiger partial charge on any atom is 0.0706 e. The minimum absolute atomic E-state index is 0.465. The zero-order chi connectivity index (χ0) is 13.8. The second kappa shape index (κ2) is 6.33. The molecule has 1 aliphatic heterocycles. The van der Waals surface area contributed by atoms with Gasteiger partial charge in [-0.15, -0.1) is 0 Å². The van der Waals surface area contributed by atoms with Crippen LogP contribution < -0.4 is 5.32 Å². The standard InChI is InChI=1S/C17H23N3/c1-2-5-17(20-12-10-18-11-13-20)16-9-8-14-6-3-4-7-15(14)19-16/h3-4,6-9,17-18H,2,5,10-13H2,1H3/t17-/m1/s1. The van der Waals surface area contributed by atoms with Gasteiger partial charge < -0.3 is 5.32 Å². The molecule has 3 rings (SSSR count). The SMILES string of the molecule is CCC[C@H](c1ccc2ccccc2n1)N1CCNCC1. The van der Waals surface area contributed by atoms with E-state index in [1.807, 2.05) is 0 Å². The van der Waals surface area contributed by atoms with Crippen LogP contribution in [0.4, 0.5) is 0 Å².